The van der Waals surface area contributed by atoms with Gasteiger partial charge >= 0.3 is 0 Å². The van der Waals surface area contributed by atoms with Gasteiger partial charge in [0.1, 0.15) is 6.54 Å². The lowest BCUT2D eigenvalue weighted by Crippen LogP contribution is -2.38. The molecule has 0 bridgehead atoms. The first-order chi connectivity index (χ1) is 9.65. The number of amides is 1. The number of benzene rings is 1. The van der Waals surface area contributed by atoms with Gasteiger partial charge in [0.2, 0.25) is 5.91 Å². The Bertz CT molecular complexity index is 652. The summed E-state index contributed by atoms with van der Waals surface area (Å²) in [6.07, 6.45) is 5.34. The second-order valence-electron chi connectivity index (χ2n) is 4.85. The van der Waals surface area contributed by atoms with Gasteiger partial charge in [-0.25, -0.2) is 0 Å². The Morgan fingerprint density at radius 1 is 1.45 bits per heavy atom. The minimum atomic E-state index is 0.0344. The first kappa shape index (κ1) is 13.2. The number of nitrogens with two attached hydrogens (primary N) is 1. The van der Waals surface area contributed by atoms with Crippen LogP contribution in [0.15, 0.2) is 35.1 Å². The van der Waals surface area contributed by atoms with E-state index in [0.717, 1.165) is 40.8 Å². The molecule has 6 heteroatoms. The van der Waals surface area contributed by atoms with Crippen LogP contribution in [0.5, 0.6) is 0 Å². The van der Waals surface area contributed by atoms with Crippen molar-refractivity contribution in [3.63, 3.8) is 0 Å². The zero-order valence-corrected chi connectivity index (χ0v) is 12.5. The van der Waals surface area contributed by atoms with Crippen molar-refractivity contribution in [3.05, 3.63) is 40.6 Å². The number of halogens is 1. The summed E-state index contributed by atoms with van der Waals surface area (Å²) >= 11 is 3.33. The summed E-state index contributed by atoms with van der Waals surface area (Å²) in [6, 6.07) is 5.74. The van der Waals surface area contributed by atoms with Crippen LogP contribution in [0.1, 0.15) is 12.0 Å². The monoisotopic (exact) mass is 334 g/mol. The number of anilines is 2. The smallest absolute Gasteiger partial charge is 0.248 e. The molecule has 5 nitrogen and oxygen atoms in total. The van der Waals surface area contributed by atoms with Crippen molar-refractivity contribution in [2.45, 2.75) is 19.4 Å². The fourth-order valence-electron chi connectivity index (χ4n) is 2.56. The molecule has 2 N–H and O–H groups in total. The Morgan fingerprint density at radius 2 is 2.30 bits per heavy atom. The van der Waals surface area contributed by atoms with Crippen molar-refractivity contribution in [1.29, 1.82) is 0 Å². The van der Waals surface area contributed by atoms with E-state index in [4.69, 9.17) is 5.73 Å². The molecule has 0 spiro atoms. The lowest BCUT2D eigenvalue weighted by atomic mass is 10.00. The van der Waals surface area contributed by atoms with Crippen molar-refractivity contribution in [2.75, 3.05) is 17.2 Å². The second-order valence-corrected chi connectivity index (χ2v) is 5.77. The van der Waals surface area contributed by atoms with Crippen molar-refractivity contribution in [2.24, 2.45) is 0 Å². The number of hydrogen-bond acceptors (Lipinski definition) is 3. The molecule has 104 valence electrons. The molecule has 3 rings (SSSR count). The molecule has 1 aromatic heterocycles. The first-order valence-electron chi connectivity index (χ1n) is 6.51. The number of nitrogen functional groups attached to an aromatic ring is 1. The van der Waals surface area contributed by atoms with Gasteiger partial charge in [-0.1, -0.05) is 6.07 Å². The van der Waals surface area contributed by atoms with Gasteiger partial charge in [0.05, 0.1) is 10.7 Å². The lowest BCUT2D eigenvalue weighted by Gasteiger charge is -2.30. The van der Waals surface area contributed by atoms with Crippen molar-refractivity contribution in [1.82, 2.24) is 9.78 Å². The van der Waals surface area contributed by atoms with Crippen LogP contribution in [0.2, 0.25) is 0 Å². The SMILES string of the molecule is Nc1cccc2c1CCCN2C(=O)Cn1cc(Br)cn1. The summed E-state index contributed by atoms with van der Waals surface area (Å²) in [5.41, 5.74) is 8.78. The Kier molecular flexibility index (Phi) is 3.48. The molecular formula is C14H15BrN4O. The van der Waals surface area contributed by atoms with Crippen LogP contribution in [-0.4, -0.2) is 22.2 Å². The lowest BCUT2D eigenvalue weighted by molar-refractivity contribution is -0.119. The molecule has 0 unspecified atom stereocenters. The van der Waals surface area contributed by atoms with E-state index in [2.05, 4.69) is 21.0 Å². The molecule has 1 aliphatic heterocycles. The van der Waals surface area contributed by atoms with Crippen molar-refractivity contribution in [3.8, 4) is 0 Å². The molecule has 1 aromatic carbocycles. The summed E-state index contributed by atoms with van der Waals surface area (Å²) in [4.78, 5) is 14.3. The highest BCUT2D eigenvalue weighted by molar-refractivity contribution is 9.10. The van der Waals surface area contributed by atoms with Gasteiger partial charge < -0.3 is 10.6 Å². The fraction of sp³-hybridized carbons (Fsp3) is 0.286. The molecule has 20 heavy (non-hydrogen) atoms. The predicted octanol–water partition coefficient (Wildman–Crippen LogP) is 2.21. The predicted molar refractivity (Wildman–Crippen MR) is 81.5 cm³/mol. The molecule has 2 aromatic rings. The molecule has 1 amide bonds. The zero-order chi connectivity index (χ0) is 14.1. The van der Waals surface area contributed by atoms with Crippen LogP contribution in [-0.2, 0) is 17.8 Å². The molecular weight excluding hydrogens is 320 g/mol. The van der Waals surface area contributed by atoms with Gasteiger partial charge in [-0.05, 0) is 46.5 Å². The Hall–Kier alpha value is -1.82. The average molecular weight is 335 g/mol. The minimum Gasteiger partial charge on any atom is -0.398 e. The van der Waals surface area contributed by atoms with Crippen LogP contribution in [0.3, 0.4) is 0 Å². The van der Waals surface area contributed by atoms with E-state index in [9.17, 15) is 4.79 Å². The molecule has 0 radical (unpaired) electrons. The summed E-state index contributed by atoms with van der Waals surface area (Å²) in [6.45, 7) is 0.970. The van der Waals surface area contributed by atoms with E-state index in [-0.39, 0.29) is 12.5 Å². The number of carbonyl (C=O) groups is 1. The van der Waals surface area contributed by atoms with Crippen LogP contribution >= 0.6 is 15.9 Å². The maximum atomic E-state index is 12.5. The van der Waals surface area contributed by atoms with Crippen LogP contribution < -0.4 is 10.6 Å². The van der Waals surface area contributed by atoms with E-state index in [0.29, 0.717) is 0 Å². The fourth-order valence-corrected chi connectivity index (χ4v) is 2.89. The third-order valence-corrected chi connectivity index (χ3v) is 3.90. The van der Waals surface area contributed by atoms with Gasteiger partial charge in [0.25, 0.3) is 0 Å². The van der Waals surface area contributed by atoms with E-state index in [1.807, 2.05) is 23.1 Å². The highest BCUT2D eigenvalue weighted by atomic mass is 79.9. The average Bonchev–Trinajstić information content (AvgIpc) is 2.84. The Labute approximate surface area is 125 Å². The zero-order valence-electron chi connectivity index (χ0n) is 10.9. The third kappa shape index (κ3) is 2.43. The number of rotatable bonds is 2. The normalized spacial score (nSPS) is 14.2. The number of carbonyl (C=O) groups excluding carboxylic acids is 1. The van der Waals surface area contributed by atoms with Gasteiger partial charge in [0, 0.05) is 24.1 Å². The standard InChI is InChI=1S/C14H15BrN4O/c15-10-7-17-18(8-10)9-14(20)19-6-2-3-11-12(16)4-1-5-13(11)19/h1,4-5,7-8H,2-3,6,9,16H2. The quantitative estimate of drug-likeness (QED) is 0.856. The number of aromatic nitrogens is 2. The number of fused-ring (bicyclic) bond motifs is 1. The molecule has 2 heterocycles. The van der Waals surface area contributed by atoms with Crippen molar-refractivity contribution < 1.29 is 4.79 Å². The topological polar surface area (TPSA) is 64.2 Å². The number of hydrogen-bond donors (Lipinski definition) is 1. The highest BCUT2D eigenvalue weighted by Gasteiger charge is 2.23. The van der Waals surface area contributed by atoms with Crippen LogP contribution in [0, 0.1) is 0 Å². The van der Waals surface area contributed by atoms with Gasteiger partial charge in [0.15, 0.2) is 0 Å². The van der Waals surface area contributed by atoms with Gasteiger partial charge in [-0.3, -0.25) is 9.48 Å². The maximum Gasteiger partial charge on any atom is 0.248 e. The van der Waals surface area contributed by atoms with E-state index < -0.39 is 0 Å². The summed E-state index contributed by atoms with van der Waals surface area (Å²) in [5.74, 6) is 0.0344. The molecule has 1 aliphatic rings. The van der Waals surface area contributed by atoms with E-state index in [1.54, 1.807) is 17.1 Å². The van der Waals surface area contributed by atoms with E-state index in [1.165, 1.54) is 0 Å². The molecule has 0 atom stereocenters. The molecule has 0 saturated carbocycles. The second kappa shape index (κ2) is 5.28. The minimum absolute atomic E-state index is 0.0344. The first-order valence-corrected chi connectivity index (χ1v) is 7.30. The number of nitrogens with zero attached hydrogens (tertiary/aromatic N) is 3. The largest absolute Gasteiger partial charge is 0.398 e. The maximum absolute atomic E-state index is 12.5. The summed E-state index contributed by atoms with van der Waals surface area (Å²) in [7, 11) is 0. The Balaban J connectivity index is 1.85. The van der Waals surface area contributed by atoms with Crippen LogP contribution in [0.25, 0.3) is 0 Å². The molecule has 0 saturated heterocycles. The third-order valence-electron chi connectivity index (χ3n) is 3.49. The Morgan fingerprint density at radius 3 is 3.05 bits per heavy atom. The summed E-state index contributed by atoms with van der Waals surface area (Å²) in [5, 5.41) is 4.12. The highest BCUT2D eigenvalue weighted by Crippen LogP contribution is 2.31. The molecule has 0 fully saturated rings. The van der Waals surface area contributed by atoms with Crippen LogP contribution in [0.4, 0.5) is 11.4 Å². The van der Waals surface area contributed by atoms with E-state index >= 15 is 0 Å². The van der Waals surface area contributed by atoms with Gasteiger partial charge in [-0.2, -0.15) is 5.10 Å². The van der Waals surface area contributed by atoms with Crippen molar-refractivity contribution >= 4 is 33.2 Å². The molecule has 0 aliphatic carbocycles. The summed E-state index contributed by atoms with van der Waals surface area (Å²) < 4.78 is 2.50. The van der Waals surface area contributed by atoms with Gasteiger partial charge in [-0.15, -0.1) is 0 Å².